The molecule has 1 aromatic heterocycles. The summed E-state index contributed by atoms with van der Waals surface area (Å²) in [6.45, 7) is 0. The quantitative estimate of drug-likeness (QED) is 0.579. The second-order valence-corrected chi connectivity index (χ2v) is 3.69. The van der Waals surface area contributed by atoms with Crippen LogP contribution < -0.4 is 5.46 Å². The van der Waals surface area contributed by atoms with E-state index in [1.54, 1.807) is 6.07 Å². The lowest BCUT2D eigenvalue weighted by Crippen LogP contribution is -2.31. The highest BCUT2D eigenvalue weighted by Gasteiger charge is 2.16. The van der Waals surface area contributed by atoms with Crippen LogP contribution in [-0.4, -0.2) is 22.2 Å². The third-order valence-corrected chi connectivity index (χ3v) is 2.62. The number of hydrogen-bond donors (Lipinski definition) is 2. The van der Waals surface area contributed by atoms with Crippen molar-refractivity contribution in [1.29, 1.82) is 0 Å². The van der Waals surface area contributed by atoms with Crippen LogP contribution in [0.25, 0.3) is 10.9 Å². The number of hydrogen-bond acceptors (Lipinski definition) is 3. The first-order chi connectivity index (χ1) is 6.68. The molecule has 0 aliphatic heterocycles. The molecule has 2 rings (SSSR count). The van der Waals surface area contributed by atoms with Gasteiger partial charge in [0.15, 0.2) is 0 Å². The van der Waals surface area contributed by atoms with Gasteiger partial charge in [-0.05, 0) is 27.4 Å². The van der Waals surface area contributed by atoms with Gasteiger partial charge in [0.05, 0.1) is 5.52 Å². The van der Waals surface area contributed by atoms with Gasteiger partial charge < -0.3 is 10.0 Å². The van der Waals surface area contributed by atoms with E-state index in [1.165, 1.54) is 0 Å². The van der Waals surface area contributed by atoms with Crippen LogP contribution in [0.15, 0.2) is 34.9 Å². The molecule has 3 nitrogen and oxygen atoms in total. The largest absolute Gasteiger partial charge is 0.491 e. The van der Waals surface area contributed by atoms with Crippen LogP contribution in [-0.2, 0) is 0 Å². The summed E-state index contributed by atoms with van der Waals surface area (Å²) in [5.74, 6) is 0. The van der Waals surface area contributed by atoms with Crippen molar-refractivity contribution in [2.75, 3.05) is 0 Å². The lowest BCUT2D eigenvalue weighted by molar-refractivity contribution is 0.425. The highest BCUT2D eigenvalue weighted by molar-refractivity contribution is 9.10. The Labute approximate surface area is 89.7 Å². The minimum Gasteiger partial charge on any atom is -0.423 e. The van der Waals surface area contributed by atoms with Gasteiger partial charge in [-0.25, -0.2) is 4.98 Å². The molecule has 14 heavy (non-hydrogen) atoms. The second kappa shape index (κ2) is 3.69. The van der Waals surface area contributed by atoms with E-state index >= 15 is 0 Å². The molecule has 2 aromatic rings. The lowest BCUT2D eigenvalue weighted by Gasteiger charge is -2.04. The first-order valence-corrected chi connectivity index (χ1v) is 4.89. The van der Waals surface area contributed by atoms with Gasteiger partial charge in [0, 0.05) is 5.46 Å². The van der Waals surface area contributed by atoms with E-state index in [4.69, 9.17) is 10.0 Å². The molecule has 0 radical (unpaired) electrons. The molecule has 0 amide bonds. The summed E-state index contributed by atoms with van der Waals surface area (Å²) in [5, 5.41) is 19.0. The fraction of sp³-hybridized carbons (Fsp3) is 0. The smallest absolute Gasteiger partial charge is 0.423 e. The van der Waals surface area contributed by atoms with Gasteiger partial charge in [0.1, 0.15) is 4.60 Å². The molecule has 0 atom stereocenters. The molecule has 0 aliphatic carbocycles. The van der Waals surface area contributed by atoms with E-state index in [-0.39, 0.29) is 0 Å². The average Bonchev–Trinajstić information content (AvgIpc) is 2.16. The van der Waals surface area contributed by atoms with Crippen LogP contribution in [0.2, 0.25) is 0 Å². The summed E-state index contributed by atoms with van der Waals surface area (Å²) in [6.07, 6.45) is 0. The molecule has 1 heterocycles. The van der Waals surface area contributed by atoms with Crippen molar-refractivity contribution >= 4 is 39.4 Å². The molecular formula is C9H7BBrNO2. The molecular weight excluding hydrogens is 245 g/mol. The van der Waals surface area contributed by atoms with Crippen molar-refractivity contribution in [3.63, 3.8) is 0 Å². The Kier molecular flexibility index (Phi) is 2.54. The minimum absolute atomic E-state index is 0.378. The predicted molar refractivity (Wildman–Crippen MR) is 59.3 cm³/mol. The molecule has 0 spiro atoms. The van der Waals surface area contributed by atoms with Gasteiger partial charge in [-0.2, -0.15) is 0 Å². The topological polar surface area (TPSA) is 53.4 Å². The maximum atomic E-state index is 9.05. The molecule has 0 bridgehead atoms. The number of aromatic nitrogens is 1. The van der Waals surface area contributed by atoms with E-state index in [0.29, 0.717) is 10.1 Å². The number of halogens is 1. The van der Waals surface area contributed by atoms with E-state index < -0.39 is 7.12 Å². The normalized spacial score (nSPS) is 10.5. The molecule has 70 valence electrons. The molecule has 1 aromatic carbocycles. The summed E-state index contributed by atoms with van der Waals surface area (Å²) in [6, 6.07) is 9.22. The van der Waals surface area contributed by atoms with Crippen molar-refractivity contribution in [2.24, 2.45) is 0 Å². The van der Waals surface area contributed by atoms with Gasteiger partial charge in [0.2, 0.25) is 0 Å². The van der Waals surface area contributed by atoms with Gasteiger partial charge in [-0.15, -0.1) is 0 Å². The maximum absolute atomic E-state index is 9.05. The lowest BCUT2D eigenvalue weighted by atomic mass is 9.81. The van der Waals surface area contributed by atoms with Crippen molar-refractivity contribution in [3.8, 4) is 0 Å². The number of nitrogens with zero attached hydrogens (tertiary/aromatic N) is 1. The maximum Gasteiger partial charge on any atom is 0.491 e. The zero-order valence-corrected chi connectivity index (χ0v) is 8.77. The van der Waals surface area contributed by atoms with Crippen molar-refractivity contribution in [1.82, 2.24) is 4.98 Å². The fourth-order valence-electron chi connectivity index (χ4n) is 1.29. The van der Waals surface area contributed by atoms with E-state index in [1.807, 2.05) is 24.3 Å². The summed E-state index contributed by atoms with van der Waals surface area (Å²) < 4.78 is 0.464. The van der Waals surface area contributed by atoms with Gasteiger partial charge in [0.25, 0.3) is 0 Å². The highest BCUT2D eigenvalue weighted by Crippen LogP contribution is 2.13. The Morgan fingerprint density at radius 2 is 1.93 bits per heavy atom. The summed E-state index contributed by atoms with van der Waals surface area (Å²) >= 11 is 3.19. The number of fused-ring (bicyclic) bond motifs is 1. The third-order valence-electron chi connectivity index (χ3n) is 1.98. The standard InChI is InChI=1S/C9H7BBrNO2/c11-9-7(10(13)14)5-6-3-1-2-4-8(6)12-9/h1-5,13-14H. The number of benzene rings is 1. The predicted octanol–water partition coefficient (Wildman–Crippen LogP) is 0.677. The number of rotatable bonds is 1. The molecule has 2 N–H and O–H groups in total. The van der Waals surface area contributed by atoms with Crippen LogP contribution in [0.3, 0.4) is 0 Å². The third kappa shape index (κ3) is 1.66. The Morgan fingerprint density at radius 3 is 2.64 bits per heavy atom. The van der Waals surface area contributed by atoms with Crippen molar-refractivity contribution in [2.45, 2.75) is 0 Å². The number of para-hydroxylation sites is 1. The highest BCUT2D eigenvalue weighted by atomic mass is 79.9. The minimum atomic E-state index is -1.50. The molecule has 0 fully saturated rings. The fourth-order valence-corrected chi connectivity index (χ4v) is 1.80. The molecule has 5 heteroatoms. The monoisotopic (exact) mass is 251 g/mol. The SMILES string of the molecule is OB(O)c1cc2ccccc2nc1Br. The van der Waals surface area contributed by atoms with Crippen LogP contribution in [0, 0.1) is 0 Å². The van der Waals surface area contributed by atoms with Crippen molar-refractivity contribution in [3.05, 3.63) is 34.9 Å². The molecule has 0 unspecified atom stereocenters. The zero-order valence-electron chi connectivity index (χ0n) is 7.18. The summed E-state index contributed by atoms with van der Waals surface area (Å²) in [7, 11) is -1.50. The molecule has 0 aliphatic rings. The Balaban J connectivity index is 2.71. The van der Waals surface area contributed by atoms with E-state index in [0.717, 1.165) is 10.9 Å². The summed E-state index contributed by atoms with van der Waals surface area (Å²) in [5.41, 5.74) is 1.20. The van der Waals surface area contributed by atoms with Crippen LogP contribution in [0.1, 0.15) is 0 Å². The Bertz CT molecular complexity index is 475. The average molecular weight is 252 g/mol. The van der Waals surface area contributed by atoms with Crippen LogP contribution >= 0.6 is 15.9 Å². The summed E-state index contributed by atoms with van der Waals surface area (Å²) in [4.78, 5) is 4.19. The Morgan fingerprint density at radius 1 is 1.21 bits per heavy atom. The van der Waals surface area contributed by atoms with Crippen molar-refractivity contribution < 1.29 is 10.0 Å². The van der Waals surface area contributed by atoms with Gasteiger partial charge >= 0.3 is 7.12 Å². The zero-order chi connectivity index (χ0) is 10.1. The van der Waals surface area contributed by atoms with Gasteiger partial charge in [-0.3, -0.25) is 0 Å². The second-order valence-electron chi connectivity index (χ2n) is 2.93. The van der Waals surface area contributed by atoms with E-state index in [2.05, 4.69) is 20.9 Å². The number of pyridine rings is 1. The van der Waals surface area contributed by atoms with E-state index in [9.17, 15) is 0 Å². The molecule has 0 saturated carbocycles. The van der Waals surface area contributed by atoms with Gasteiger partial charge in [-0.1, -0.05) is 24.3 Å². The molecule has 0 saturated heterocycles. The Hall–Kier alpha value is -0.905. The first kappa shape index (κ1) is 9.64. The van der Waals surface area contributed by atoms with Crippen LogP contribution in [0.4, 0.5) is 0 Å². The first-order valence-electron chi connectivity index (χ1n) is 4.10. The van der Waals surface area contributed by atoms with Crippen LogP contribution in [0.5, 0.6) is 0 Å².